The summed E-state index contributed by atoms with van der Waals surface area (Å²) in [5.41, 5.74) is 2.18. The van der Waals surface area contributed by atoms with E-state index < -0.39 is 5.60 Å². The molecule has 5 rings (SSSR count). The van der Waals surface area contributed by atoms with Crippen molar-refractivity contribution in [2.24, 2.45) is 0 Å². The number of piperazine rings is 1. The van der Waals surface area contributed by atoms with Crippen molar-refractivity contribution in [2.45, 2.75) is 30.9 Å². The second-order valence-corrected chi connectivity index (χ2v) is 9.17. The van der Waals surface area contributed by atoms with Gasteiger partial charge in [0.2, 0.25) is 0 Å². The van der Waals surface area contributed by atoms with E-state index in [1.807, 2.05) is 71.6 Å². The van der Waals surface area contributed by atoms with Crippen molar-refractivity contribution in [3.05, 3.63) is 108 Å². The summed E-state index contributed by atoms with van der Waals surface area (Å²) in [5.74, 6) is 0. The van der Waals surface area contributed by atoms with Gasteiger partial charge >= 0.3 is 12.1 Å². The number of benzene rings is 3. The van der Waals surface area contributed by atoms with Gasteiger partial charge in [0.15, 0.2) is 5.60 Å². The van der Waals surface area contributed by atoms with Gasteiger partial charge in [0, 0.05) is 37.3 Å². The van der Waals surface area contributed by atoms with E-state index in [2.05, 4.69) is 29.6 Å². The second-order valence-electron chi connectivity index (χ2n) is 9.17. The molecule has 6 nitrogen and oxygen atoms in total. The zero-order valence-electron chi connectivity index (χ0n) is 19.8. The van der Waals surface area contributed by atoms with Crippen LogP contribution in [0.5, 0.6) is 0 Å². The fourth-order valence-corrected chi connectivity index (χ4v) is 5.24. The lowest BCUT2D eigenvalue weighted by molar-refractivity contribution is 0.0512. The highest BCUT2D eigenvalue weighted by molar-refractivity contribution is 5.77. The molecule has 1 N–H and O–H groups in total. The summed E-state index contributed by atoms with van der Waals surface area (Å²) < 4.78 is 6.18. The highest BCUT2D eigenvalue weighted by atomic mass is 16.6. The number of amides is 3. The van der Waals surface area contributed by atoms with Crippen LogP contribution in [-0.2, 0) is 16.8 Å². The van der Waals surface area contributed by atoms with E-state index in [0.717, 1.165) is 30.4 Å². The Labute approximate surface area is 206 Å². The number of nitrogens with zero attached hydrogens (tertiary/aromatic N) is 2. The standard InChI is InChI=1S/C29H31N3O3/c33-27(30-19-11-10-14-23-12-4-1-5-13-23)31-20-21-32-26(22-31)29(35-28(32)34,24-15-6-2-7-16-24)25-17-8-3-9-18-25/h1-9,12-13,15-18,26H,10-11,14,19-22H2,(H,30,33). The van der Waals surface area contributed by atoms with Crippen LogP contribution in [0.2, 0.25) is 0 Å². The number of fused-ring (bicyclic) bond motifs is 1. The number of ether oxygens (including phenoxy) is 1. The van der Waals surface area contributed by atoms with Crippen LogP contribution in [0.4, 0.5) is 9.59 Å². The largest absolute Gasteiger partial charge is 0.431 e. The average Bonchev–Trinajstić information content (AvgIpc) is 3.22. The molecule has 2 heterocycles. The normalized spacial score (nSPS) is 18.6. The summed E-state index contributed by atoms with van der Waals surface area (Å²) >= 11 is 0. The molecule has 6 heteroatoms. The van der Waals surface area contributed by atoms with Crippen molar-refractivity contribution in [3.8, 4) is 0 Å². The first-order chi connectivity index (χ1) is 17.2. The van der Waals surface area contributed by atoms with Gasteiger partial charge in [-0.15, -0.1) is 0 Å². The van der Waals surface area contributed by atoms with E-state index in [4.69, 9.17) is 4.74 Å². The third-order valence-corrected chi connectivity index (χ3v) is 7.04. The molecule has 2 fully saturated rings. The van der Waals surface area contributed by atoms with Crippen molar-refractivity contribution >= 4 is 12.1 Å². The van der Waals surface area contributed by atoms with Crippen molar-refractivity contribution < 1.29 is 14.3 Å². The molecule has 0 aromatic heterocycles. The molecule has 0 saturated carbocycles. The maximum absolute atomic E-state index is 13.1. The van der Waals surface area contributed by atoms with Gasteiger partial charge in [0.25, 0.3) is 0 Å². The number of hydrogen-bond donors (Lipinski definition) is 1. The quantitative estimate of drug-likeness (QED) is 0.506. The van der Waals surface area contributed by atoms with Crippen molar-refractivity contribution in [1.82, 2.24) is 15.1 Å². The van der Waals surface area contributed by atoms with E-state index in [0.29, 0.717) is 26.2 Å². The van der Waals surface area contributed by atoms with Crippen molar-refractivity contribution in [2.75, 3.05) is 26.2 Å². The molecular weight excluding hydrogens is 438 g/mol. The summed E-state index contributed by atoms with van der Waals surface area (Å²) in [4.78, 5) is 29.7. The molecule has 0 aliphatic carbocycles. The van der Waals surface area contributed by atoms with Crippen molar-refractivity contribution in [1.29, 1.82) is 0 Å². The Morgan fingerprint density at radius 1 is 0.857 bits per heavy atom. The first kappa shape index (κ1) is 23.0. The molecule has 1 atom stereocenters. The number of rotatable bonds is 7. The van der Waals surface area contributed by atoms with E-state index in [9.17, 15) is 9.59 Å². The third-order valence-electron chi connectivity index (χ3n) is 7.04. The maximum atomic E-state index is 13.1. The predicted octanol–water partition coefficient (Wildman–Crippen LogP) is 4.80. The number of unbranched alkanes of at least 4 members (excludes halogenated alkanes) is 1. The lowest BCUT2D eigenvalue weighted by Crippen LogP contribution is -2.59. The van der Waals surface area contributed by atoms with Gasteiger partial charge in [-0.2, -0.15) is 0 Å². The lowest BCUT2D eigenvalue weighted by Gasteiger charge is -2.42. The molecule has 1 unspecified atom stereocenters. The minimum Gasteiger partial charge on any atom is -0.431 e. The smallest absolute Gasteiger partial charge is 0.411 e. The van der Waals surface area contributed by atoms with Crippen LogP contribution in [0.1, 0.15) is 29.5 Å². The van der Waals surface area contributed by atoms with Gasteiger partial charge < -0.3 is 15.0 Å². The van der Waals surface area contributed by atoms with Crippen LogP contribution in [-0.4, -0.2) is 54.1 Å². The van der Waals surface area contributed by atoms with E-state index >= 15 is 0 Å². The highest BCUT2D eigenvalue weighted by Gasteiger charge is 2.58. The van der Waals surface area contributed by atoms with Gasteiger partial charge in [-0.25, -0.2) is 9.59 Å². The van der Waals surface area contributed by atoms with Gasteiger partial charge in [-0.1, -0.05) is 91.0 Å². The number of carbonyl (C=O) groups excluding carboxylic acids is 2. The summed E-state index contributed by atoms with van der Waals surface area (Å²) in [7, 11) is 0. The number of urea groups is 1. The molecule has 3 aromatic rings. The van der Waals surface area contributed by atoms with E-state index in [1.54, 1.807) is 4.90 Å². The number of aryl methyl sites for hydroxylation is 1. The Kier molecular flexibility index (Phi) is 6.70. The molecule has 2 aliphatic rings. The predicted molar refractivity (Wildman–Crippen MR) is 135 cm³/mol. The Hall–Kier alpha value is -3.80. The maximum Gasteiger partial charge on any atom is 0.411 e. The van der Waals surface area contributed by atoms with Crippen molar-refractivity contribution in [3.63, 3.8) is 0 Å². The Morgan fingerprint density at radius 3 is 2.09 bits per heavy atom. The Balaban J connectivity index is 1.28. The average molecular weight is 470 g/mol. The van der Waals surface area contributed by atoms with Gasteiger partial charge in [0.05, 0.1) is 0 Å². The van der Waals surface area contributed by atoms with Crippen LogP contribution in [0.25, 0.3) is 0 Å². The zero-order valence-corrected chi connectivity index (χ0v) is 19.8. The van der Waals surface area contributed by atoms with Crippen LogP contribution < -0.4 is 5.32 Å². The van der Waals surface area contributed by atoms with Crippen LogP contribution in [0, 0.1) is 0 Å². The first-order valence-corrected chi connectivity index (χ1v) is 12.4. The number of cyclic esters (lactones) is 1. The summed E-state index contributed by atoms with van der Waals surface area (Å²) in [6.07, 6.45) is 2.62. The zero-order chi connectivity index (χ0) is 24.1. The fraction of sp³-hybridized carbons (Fsp3) is 0.310. The summed E-state index contributed by atoms with van der Waals surface area (Å²) in [6, 6.07) is 29.7. The summed E-state index contributed by atoms with van der Waals surface area (Å²) in [6.45, 7) is 1.98. The topological polar surface area (TPSA) is 61.9 Å². The molecule has 35 heavy (non-hydrogen) atoms. The minimum absolute atomic E-state index is 0.0845. The van der Waals surface area contributed by atoms with Crippen LogP contribution in [0.15, 0.2) is 91.0 Å². The summed E-state index contributed by atoms with van der Waals surface area (Å²) in [5, 5.41) is 3.08. The molecule has 0 spiro atoms. The number of nitrogens with one attached hydrogen (secondary N) is 1. The number of hydrogen-bond acceptors (Lipinski definition) is 3. The Morgan fingerprint density at radius 2 is 1.46 bits per heavy atom. The lowest BCUT2D eigenvalue weighted by atomic mass is 9.79. The molecule has 180 valence electrons. The second kappa shape index (κ2) is 10.2. The fourth-order valence-electron chi connectivity index (χ4n) is 5.24. The van der Waals surface area contributed by atoms with Gasteiger partial charge in [-0.3, -0.25) is 4.90 Å². The molecule has 2 saturated heterocycles. The highest BCUT2D eigenvalue weighted by Crippen LogP contribution is 2.45. The molecule has 2 aliphatic heterocycles. The Bertz CT molecular complexity index is 1100. The monoisotopic (exact) mass is 469 g/mol. The van der Waals surface area contributed by atoms with Crippen LogP contribution in [0.3, 0.4) is 0 Å². The third kappa shape index (κ3) is 4.61. The SMILES string of the molecule is O=C(NCCCCc1ccccc1)N1CCN2C(=O)OC(c3ccccc3)(c3ccccc3)C2C1. The molecular formula is C29H31N3O3. The van der Waals surface area contributed by atoms with E-state index in [-0.39, 0.29) is 18.2 Å². The first-order valence-electron chi connectivity index (χ1n) is 12.4. The number of carbonyl (C=O) groups is 2. The molecule has 3 amide bonds. The molecule has 0 radical (unpaired) electrons. The molecule has 0 bridgehead atoms. The van der Waals surface area contributed by atoms with E-state index in [1.165, 1.54) is 5.56 Å². The van der Waals surface area contributed by atoms with Crippen LogP contribution >= 0.6 is 0 Å². The minimum atomic E-state index is -0.964. The molecule has 3 aromatic carbocycles. The van der Waals surface area contributed by atoms with Gasteiger partial charge in [-0.05, 0) is 24.8 Å². The van der Waals surface area contributed by atoms with Gasteiger partial charge in [0.1, 0.15) is 6.04 Å².